The molecule has 1 aromatic heterocycles. The maximum Gasteiger partial charge on any atom is 0.429 e. The molecule has 2 aromatic rings. The van der Waals surface area contributed by atoms with E-state index in [4.69, 9.17) is 4.74 Å². The third kappa shape index (κ3) is 5.78. The molecule has 1 aliphatic rings. The van der Waals surface area contributed by atoms with E-state index in [2.05, 4.69) is 15.8 Å². The molecule has 0 radical (unpaired) electrons. The molecule has 174 valence electrons. The van der Waals surface area contributed by atoms with E-state index in [1.54, 1.807) is 13.0 Å². The monoisotopic (exact) mass is 455 g/mol. The summed E-state index contributed by atoms with van der Waals surface area (Å²) >= 11 is 0. The first-order chi connectivity index (χ1) is 15.4. The van der Waals surface area contributed by atoms with E-state index < -0.39 is 29.1 Å². The van der Waals surface area contributed by atoms with Crippen LogP contribution in [0.15, 0.2) is 42.6 Å². The van der Waals surface area contributed by atoms with Crippen molar-refractivity contribution in [2.24, 2.45) is 5.92 Å². The molecular formula is C24H26F5NO2. The molecule has 1 heterocycles. The number of allylic oxidation sites excluding steroid dienone is 2. The minimum atomic E-state index is -4.09. The van der Waals surface area contributed by atoms with Crippen LogP contribution >= 0.6 is 0 Å². The standard InChI is InChI=1S/C24H26F5NO2/c1-2-31-21-13-11-19(22(26)23(21)27)24(28,29)32-18-10-12-20(30-15-18)17-8-6-16(7-9-17)5-3-4-14-25/h3,5,10-13,15-17H,2,4,6-9,14H2,1H3. The molecule has 0 amide bonds. The average Bonchev–Trinajstić information content (AvgIpc) is 2.78. The second-order valence-electron chi connectivity index (χ2n) is 7.73. The van der Waals surface area contributed by atoms with Crippen molar-refractivity contribution in [2.45, 2.75) is 51.1 Å². The Balaban J connectivity index is 1.64. The average molecular weight is 455 g/mol. The lowest BCUT2D eigenvalue weighted by Crippen LogP contribution is -2.24. The van der Waals surface area contributed by atoms with Crippen molar-refractivity contribution in [3.8, 4) is 11.5 Å². The van der Waals surface area contributed by atoms with Gasteiger partial charge in [-0.25, -0.2) is 4.39 Å². The number of rotatable bonds is 9. The number of benzene rings is 1. The number of hydrogen-bond acceptors (Lipinski definition) is 3. The first-order valence-corrected chi connectivity index (χ1v) is 10.7. The summed E-state index contributed by atoms with van der Waals surface area (Å²) in [4.78, 5) is 4.25. The lowest BCUT2D eigenvalue weighted by molar-refractivity contribution is -0.187. The van der Waals surface area contributed by atoms with Crippen LogP contribution in [-0.4, -0.2) is 18.3 Å². The molecule has 3 nitrogen and oxygen atoms in total. The zero-order chi connectivity index (χ0) is 23.1. The van der Waals surface area contributed by atoms with Gasteiger partial charge in [0.05, 0.1) is 19.5 Å². The molecule has 0 N–H and O–H groups in total. The fraction of sp³-hybridized carbons (Fsp3) is 0.458. The molecule has 0 bridgehead atoms. The predicted molar refractivity (Wildman–Crippen MR) is 111 cm³/mol. The lowest BCUT2D eigenvalue weighted by Gasteiger charge is -2.26. The van der Waals surface area contributed by atoms with Gasteiger partial charge in [-0.3, -0.25) is 9.37 Å². The van der Waals surface area contributed by atoms with Crippen molar-refractivity contribution in [3.63, 3.8) is 0 Å². The Hall–Kier alpha value is -2.64. The second-order valence-corrected chi connectivity index (χ2v) is 7.73. The largest absolute Gasteiger partial charge is 0.491 e. The smallest absolute Gasteiger partial charge is 0.429 e. The van der Waals surface area contributed by atoms with Crippen molar-refractivity contribution < 1.29 is 31.4 Å². The number of ether oxygens (including phenoxy) is 2. The van der Waals surface area contributed by atoms with Crippen LogP contribution in [-0.2, 0) is 6.11 Å². The number of aromatic nitrogens is 1. The highest BCUT2D eigenvalue weighted by Gasteiger charge is 2.39. The summed E-state index contributed by atoms with van der Waals surface area (Å²) in [5, 5.41) is 0. The van der Waals surface area contributed by atoms with Crippen LogP contribution in [0.25, 0.3) is 0 Å². The predicted octanol–water partition coefficient (Wildman–Crippen LogP) is 7.08. The summed E-state index contributed by atoms with van der Waals surface area (Å²) in [6, 6.07) is 4.65. The van der Waals surface area contributed by atoms with E-state index in [0.29, 0.717) is 12.3 Å². The Morgan fingerprint density at radius 2 is 1.81 bits per heavy atom. The van der Waals surface area contributed by atoms with Crippen molar-refractivity contribution in [1.82, 2.24) is 4.98 Å². The van der Waals surface area contributed by atoms with E-state index in [0.717, 1.165) is 43.5 Å². The maximum absolute atomic E-state index is 14.5. The highest BCUT2D eigenvalue weighted by Crippen LogP contribution is 2.38. The summed E-state index contributed by atoms with van der Waals surface area (Å²) in [5.41, 5.74) is -0.452. The van der Waals surface area contributed by atoms with Crippen molar-refractivity contribution in [3.05, 3.63) is 65.5 Å². The summed E-state index contributed by atoms with van der Waals surface area (Å²) in [6.45, 7) is 1.28. The molecule has 3 rings (SSSR count). The molecule has 32 heavy (non-hydrogen) atoms. The highest BCUT2D eigenvalue weighted by molar-refractivity contribution is 5.33. The summed E-state index contributed by atoms with van der Waals surface area (Å²) < 4.78 is 78.9. The third-order valence-electron chi connectivity index (χ3n) is 5.54. The minimum Gasteiger partial charge on any atom is -0.491 e. The quantitative estimate of drug-likeness (QED) is 0.299. The van der Waals surface area contributed by atoms with E-state index in [9.17, 15) is 22.0 Å². The molecule has 1 saturated carbocycles. The maximum atomic E-state index is 14.5. The molecule has 8 heteroatoms. The van der Waals surface area contributed by atoms with Crippen molar-refractivity contribution in [1.29, 1.82) is 0 Å². The van der Waals surface area contributed by atoms with Crippen LogP contribution in [0.5, 0.6) is 11.5 Å². The van der Waals surface area contributed by atoms with Crippen LogP contribution < -0.4 is 9.47 Å². The van der Waals surface area contributed by atoms with Crippen molar-refractivity contribution in [2.75, 3.05) is 13.3 Å². The third-order valence-corrected chi connectivity index (χ3v) is 5.54. The van der Waals surface area contributed by atoms with Gasteiger partial charge in [0.15, 0.2) is 11.6 Å². The Morgan fingerprint density at radius 3 is 2.44 bits per heavy atom. The van der Waals surface area contributed by atoms with E-state index >= 15 is 0 Å². The van der Waals surface area contributed by atoms with Gasteiger partial charge in [0.2, 0.25) is 5.82 Å². The highest BCUT2D eigenvalue weighted by atomic mass is 19.3. The van der Waals surface area contributed by atoms with Gasteiger partial charge in [-0.15, -0.1) is 0 Å². The fourth-order valence-electron chi connectivity index (χ4n) is 3.88. The minimum absolute atomic E-state index is 0.0676. The number of alkyl halides is 3. The van der Waals surface area contributed by atoms with Crippen LogP contribution in [0.2, 0.25) is 0 Å². The van der Waals surface area contributed by atoms with Crippen LogP contribution in [0, 0.1) is 17.6 Å². The number of hydrogen-bond donors (Lipinski definition) is 0. The summed E-state index contributed by atoms with van der Waals surface area (Å²) in [5.74, 6) is -3.28. The molecular weight excluding hydrogens is 429 g/mol. The molecule has 0 aliphatic heterocycles. The first-order valence-electron chi connectivity index (χ1n) is 10.7. The Bertz CT molecular complexity index is 909. The van der Waals surface area contributed by atoms with Gasteiger partial charge in [-0.05, 0) is 69.2 Å². The Morgan fingerprint density at radius 1 is 1.06 bits per heavy atom. The molecule has 0 unspecified atom stereocenters. The SMILES string of the molecule is CCOc1ccc(C(F)(F)Oc2ccc(C3CCC(C=CCCF)CC3)nc2)c(F)c1F. The van der Waals surface area contributed by atoms with Gasteiger partial charge in [-0.1, -0.05) is 12.2 Å². The second kappa shape index (κ2) is 10.8. The molecule has 0 spiro atoms. The molecule has 1 aromatic carbocycles. The van der Waals surface area contributed by atoms with Gasteiger partial charge in [0.25, 0.3) is 0 Å². The van der Waals surface area contributed by atoms with Crippen LogP contribution in [0.3, 0.4) is 0 Å². The normalized spacial score (nSPS) is 19.3. The first kappa shape index (κ1) is 24.0. The van der Waals surface area contributed by atoms with Gasteiger partial charge in [0, 0.05) is 11.6 Å². The Labute approximate surface area is 184 Å². The van der Waals surface area contributed by atoms with E-state index in [-0.39, 0.29) is 24.9 Å². The Kier molecular flexibility index (Phi) is 8.10. The fourth-order valence-corrected chi connectivity index (χ4v) is 3.88. The zero-order valence-corrected chi connectivity index (χ0v) is 17.8. The summed E-state index contributed by atoms with van der Waals surface area (Å²) in [7, 11) is 0. The van der Waals surface area contributed by atoms with Crippen LogP contribution in [0.4, 0.5) is 22.0 Å². The number of halogens is 5. The molecule has 0 saturated heterocycles. The van der Waals surface area contributed by atoms with Gasteiger partial charge in [-0.2, -0.15) is 13.2 Å². The topological polar surface area (TPSA) is 31.4 Å². The summed E-state index contributed by atoms with van der Waals surface area (Å²) in [6.07, 6.45) is 5.13. The molecule has 0 atom stereocenters. The van der Waals surface area contributed by atoms with Crippen LogP contribution in [0.1, 0.15) is 56.2 Å². The molecule has 1 aliphatic carbocycles. The van der Waals surface area contributed by atoms with Gasteiger partial charge in [0.1, 0.15) is 11.3 Å². The van der Waals surface area contributed by atoms with Crippen molar-refractivity contribution >= 4 is 0 Å². The number of nitrogens with zero attached hydrogens (tertiary/aromatic N) is 1. The van der Waals surface area contributed by atoms with Gasteiger partial charge < -0.3 is 9.47 Å². The van der Waals surface area contributed by atoms with E-state index in [1.807, 2.05) is 6.08 Å². The van der Waals surface area contributed by atoms with E-state index in [1.165, 1.54) is 12.3 Å². The zero-order valence-electron chi connectivity index (χ0n) is 17.8. The van der Waals surface area contributed by atoms with Gasteiger partial charge >= 0.3 is 6.11 Å². The number of pyridine rings is 1. The lowest BCUT2D eigenvalue weighted by atomic mass is 9.80. The molecule has 1 fully saturated rings.